The lowest BCUT2D eigenvalue weighted by molar-refractivity contribution is 0.713. The van der Waals surface area contributed by atoms with Gasteiger partial charge < -0.3 is 5.32 Å². The van der Waals surface area contributed by atoms with E-state index in [9.17, 15) is 0 Å². The van der Waals surface area contributed by atoms with Crippen LogP contribution in [0.2, 0.25) is 0 Å². The van der Waals surface area contributed by atoms with E-state index in [0.29, 0.717) is 6.54 Å². The van der Waals surface area contributed by atoms with Gasteiger partial charge in [0, 0.05) is 18.9 Å². The van der Waals surface area contributed by atoms with Gasteiger partial charge >= 0.3 is 0 Å². The third-order valence-electron chi connectivity index (χ3n) is 2.62. The second-order valence-electron chi connectivity index (χ2n) is 4.15. The molecule has 18 heavy (non-hydrogen) atoms. The Labute approximate surface area is 108 Å². The summed E-state index contributed by atoms with van der Waals surface area (Å²) in [5.74, 6) is 0. The summed E-state index contributed by atoms with van der Waals surface area (Å²) in [5.41, 5.74) is 3.07. The molecule has 3 aromatic rings. The minimum atomic E-state index is 0.678. The molecule has 0 saturated carbocycles. The predicted molar refractivity (Wildman–Crippen MR) is 72.7 cm³/mol. The maximum Gasteiger partial charge on any atom is 0.102 e. The molecule has 1 N–H and O–H groups in total. The van der Waals surface area contributed by atoms with Crippen molar-refractivity contribution in [2.75, 3.05) is 5.32 Å². The largest absolute Gasteiger partial charge is 0.379 e. The molecule has 1 aromatic carbocycles. The fraction of sp³-hybridized carbons (Fsp3) is 0.250. The summed E-state index contributed by atoms with van der Waals surface area (Å²) in [4.78, 5) is 4.44. The highest BCUT2D eigenvalue weighted by Crippen LogP contribution is 2.24. The van der Waals surface area contributed by atoms with Crippen LogP contribution < -0.4 is 5.32 Å². The molecular weight excluding hydrogens is 246 g/mol. The van der Waals surface area contributed by atoms with Crippen LogP contribution in [0, 0.1) is 6.92 Å². The van der Waals surface area contributed by atoms with Crippen molar-refractivity contribution in [3.63, 3.8) is 0 Å². The Balaban J connectivity index is 1.78. The van der Waals surface area contributed by atoms with E-state index in [2.05, 4.69) is 26.7 Å². The predicted octanol–water partition coefficient (Wildman–Crippen LogP) is 2.35. The minimum Gasteiger partial charge on any atom is -0.379 e. The molecule has 5 nitrogen and oxygen atoms in total. The van der Waals surface area contributed by atoms with Crippen LogP contribution in [0.4, 0.5) is 5.69 Å². The van der Waals surface area contributed by atoms with E-state index in [1.165, 1.54) is 4.70 Å². The molecule has 3 rings (SSSR count). The van der Waals surface area contributed by atoms with Crippen LogP contribution in [0.1, 0.15) is 10.7 Å². The van der Waals surface area contributed by atoms with Crippen LogP contribution in [0.25, 0.3) is 10.2 Å². The van der Waals surface area contributed by atoms with Crippen molar-refractivity contribution in [1.29, 1.82) is 0 Å². The summed E-state index contributed by atoms with van der Waals surface area (Å²) in [6.45, 7) is 2.70. The number of hydrogen-bond donors (Lipinski definition) is 1. The average Bonchev–Trinajstić information content (AvgIpc) is 2.90. The second-order valence-corrected chi connectivity index (χ2v) is 5.39. The standard InChI is InChI=1S/C12H13N5S/c1-8-14-11-4-3-9(5-12(11)18-8)13-6-10-7-17(2)16-15-10/h3-5,7,13H,6H2,1-2H3. The van der Waals surface area contributed by atoms with E-state index >= 15 is 0 Å². The number of nitrogens with zero attached hydrogens (tertiary/aromatic N) is 4. The topological polar surface area (TPSA) is 55.6 Å². The van der Waals surface area contributed by atoms with Gasteiger partial charge in [0.2, 0.25) is 0 Å². The van der Waals surface area contributed by atoms with E-state index in [0.717, 1.165) is 21.9 Å². The first-order valence-electron chi connectivity index (χ1n) is 5.67. The van der Waals surface area contributed by atoms with Crippen LogP contribution in [0.5, 0.6) is 0 Å². The molecule has 0 aliphatic heterocycles. The molecule has 0 aliphatic carbocycles. The Bertz CT molecular complexity index is 685. The monoisotopic (exact) mass is 259 g/mol. The Morgan fingerprint density at radius 1 is 1.39 bits per heavy atom. The zero-order valence-corrected chi connectivity index (χ0v) is 11.0. The number of hydrogen-bond acceptors (Lipinski definition) is 5. The van der Waals surface area contributed by atoms with E-state index < -0.39 is 0 Å². The van der Waals surface area contributed by atoms with Crippen molar-refractivity contribution in [3.8, 4) is 0 Å². The van der Waals surface area contributed by atoms with Gasteiger partial charge in [-0.1, -0.05) is 5.21 Å². The number of nitrogens with one attached hydrogen (secondary N) is 1. The van der Waals surface area contributed by atoms with Gasteiger partial charge in [0.05, 0.1) is 21.8 Å². The molecule has 2 aromatic heterocycles. The molecule has 0 fully saturated rings. The summed E-state index contributed by atoms with van der Waals surface area (Å²) in [6, 6.07) is 6.20. The van der Waals surface area contributed by atoms with Crippen molar-refractivity contribution < 1.29 is 0 Å². The molecule has 0 radical (unpaired) electrons. The molecule has 2 heterocycles. The SMILES string of the molecule is Cc1nc2ccc(NCc3cn(C)nn3)cc2s1. The van der Waals surface area contributed by atoms with Crippen LogP contribution in [0.15, 0.2) is 24.4 Å². The quantitative estimate of drug-likeness (QED) is 0.784. The van der Waals surface area contributed by atoms with Crippen LogP contribution in [0.3, 0.4) is 0 Å². The van der Waals surface area contributed by atoms with Crippen molar-refractivity contribution >= 4 is 27.2 Å². The summed E-state index contributed by atoms with van der Waals surface area (Å²) in [6.07, 6.45) is 1.91. The van der Waals surface area contributed by atoms with Gasteiger partial charge in [-0.3, -0.25) is 4.68 Å². The van der Waals surface area contributed by atoms with E-state index in [1.54, 1.807) is 16.0 Å². The van der Waals surface area contributed by atoms with E-state index in [1.807, 2.05) is 32.3 Å². The zero-order chi connectivity index (χ0) is 12.5. The van der Waals surface area contributed by atoms with Gasteiger partial charge in [-0.25, -0.2) is 4.98 Å². The van der Waals surface area contributed by atoms with Crippen molar-refractivity contribution in [1.82, 2.24) is 20.0 Å². The Kier molecular flexibility index (Phi) is 2.71. The lowest BCUT2D eigenvalue weighted by Gasteiger charge is -2.03. The average molecular weight is 259 g/mol. The fourth-order valence-corrected chi connectivity index (χ4v) is 2.69. The minimum absolute atomic E-state index is 0.678. The zero-order valence-electron chi connectivity index (χ0n) is 10.2. The van der Waals surface area contributed by atoms with Gasteiger partial charge in [0.25, 0.3) is 0 Å². The smallest absolute Gasteiger partial charge is 0.102 e. The molecule has 0 spiro atoms. The van der Waals surface area contributed by atoms with Gasteiger partial charge in [0.1, 0.15) is 5.69 Å². The van der Waals surface area contributed by atoms with Gasteiger partial charge in [-0.15, -0.1) is 16.4 Å². The Morgan fingerprint density at radius 3 is 3.06 bits per heavy atom. The first-order chi connectivity index (χ1) is 8.70. The fourth-order valence-electron chi connectivity index (χ4n) is 1.82. The summed E-state index contributed by atoms with van der Waals surface area (Å²) in [5, 5.41) is 12.4. The second kappa shape index (κ2) is 4.38. The third-order valence-corrected chi connectivity index (χ3v) is 3.55. The number of aromatic nitrogens is 4. The number of benzene rings is 1. The first-order valence-corrected chi connectivity index (χ1v) is 6.48. The summed E-state index contributed by atoms with van der Waals surface area (Å²) in [7, 11) is 1.86. The number of fused-ring (bicyclic) bond motifs is 1. The molecule has 0 saturated heterocycles. The van der Waals surface area contributed by atoms with Gasteiger partial charge in [0.15, 0.2) is 0 Å². The van der Waals surface area contributed by atoms with Crippen LogP contribution in [-0.2, 0) is 13.6 Å². The lowest BCUT2D eigenvalue weighted by Crippen LogP contribution is -1.99. The highest BCUT2D eigenvalue weighted by Gasteiger charge is 2.02. The van der Waals surface area contributed by atoms with Crippen LogP contribution >= 0.6 is 11.3 Å². The van der Waals surface area contributed by atoms with Gasteiger partial charge in [-0.2, -0.15) is 0 Å². The Hall–Kier alpha value is -1.95. The van der Waals surface area contributed by atoms with E-state index in [4.69, 9.17) is 0 Å². The van der Waals surface area contributed by atoms with Crippen LogP contribution in [-0.4, -0.2) is 20.0 Å². The third kappa shape index (κ3) is 2.19. The molecule has 0 unspecified atom stereocenters. The molecule has 0 amide bonds. The highest BCUT2D eigenvalue weighted by atomic mass is 32.1. The first kappa shape index (κ1) is 11.2. The van der Waals surface area contributed by atoms with Gasteiger partial charge in [-0.05, 0) is 25.1 Å². The number of rotatable bonds is 3. The molecule has 6 heteroatoms. The summed E-state index contributed by atoms with van der Waals surface area (Å²) < 4.78 is 2.91. The maximum atomic E-state index is 4.44. The number of thiazole rings is 1. The normalized spacial score (nSPS) is 11.0. The van der Waals surface area contributed by atoms with Crippen molar-refractivity contribution in [3.05, 3.63) is 35.1 Å². The van der Waals surface area contributed by atoms with Crippen molar-refractivity contribution in [2.24, 2.45) is 7.05 Å². The molecule has 0 bridgehead atoms. The number of anilines is 1. The molecule has 0 aliphatic rings. The molecule has 0 atom stereocenters. The van der Waals surface area contributed by atoms with Crippen molar-refractivity contribution in [2.45, 2.75) is 13.5 Å². The lowest BCUT2D eigenvalue weighted by atomic mass is 10.3. The molecule has 92 valence electrons. The maximum absolute atomic E-state index is 4.44. The Morgan fingerprint density at radius 2 is 2.28 bits per heavy atom. The highest BCUT2D eigenvalue weighted by molar-refractivity contribution is 7.18. The molecular formula is C12H13N5S. The number of aryl methyl sites for hydroxylation is 2. The summed E-state index contributed by atoms with van der Waals surface area (Å²) >= 11 is 1.71. The van der Waals surface area contributed by atoms with E-state index in [-0.39, 0.29) is 0 Å².